The summed E-state index contributed by atoms with van der Waals surface area (Å²) in [4.78, 5) is 11.7. The average Bonchev–Trinajstić information content (AvgIpc) is 2.58. The van der Waals surface area contributed by atoms with E-state index in [2.05, 4.69) is 0 Å². The maximum Gasteiger partial charge on any atom is 0.338 e. The van der Waals surface area contributed by atoms with Gasteiger partial charge in [-0.1, -0.05) is 37.3 Å². The van der Waals surface area contributed by atoms with Gasteiger partial charge in [0.05, 0.1) is 19.3 Å². The van der Waals surface area contributed by atoms with E-state index < -0.39 is 5.97 Å². The van der Waals surface area contributed by atoms with Crippen molar-refractivity contribution in [1.82, 2.24) is 0 Å². The van der Waals surface area contributed by atoms with Crippen LogP contribution in [0.4, 0.5) is 0 Å². The van der Waals surface area contributed by atoms with Crippen LogP contribution in [0.25, 0.3) is 0 Å². The Balaban J connectivity index is 2.15. The zero-order valence-electron chi connectivity index (χ0n) is 12.9. The van der Waals surface area contributed by atoms with Gasteiger partial charge in [-0.25, -0.2) is 4.79 Å². The summed E-state index contributed by atoms with van der Waals surface area (Å²) in [5, 5.41) is 0. The van der Waals surface area contributed by atoms with E-state index in [1.807, 2.05) is 37.3 Å². The third-order valence-electron chi connectivity index (χ3n) is 3.02. The van der Waals surface area contributed by atoms with E-state index in [-0.39, 0.29) is 0 Å². The van der Waals surface area contributed by atoms with Crippen LogP contribution in [0.5, 0.6) is 11.5 Å². The van der Waals surface area contributed by atoms with E-state index >= 15 is 0 Å². The molecule has 0 heterocycles. The van der Waals surface area contributed by atoms with Crippen LogP contribution in [0, 0.1) is 0 Å². The van der Waals surface area contributed by atoms with Crippen LogP contribution < -0.4 is 9.47 Å². The van der Waals surface area contributed by atoms with Crippen molar-refractivity contribution in [3.8, 4) is 11.5 Å². The van der Waals surface area contributed by atoms with Crippen LogP contribution in [-0.4, -0.2) is 19.7 Å². The predicted molar refractivity (Wildman–Crippen MR) is 84.3 cm³/mol. The number of rotatable bonds is 7. The fourth-order valence-corrected chi connectivity index (χ4v) is 1.93. The summed E-state index contributed by atoms with van der Waals surface area (Å²) in [5.41, 5.74) is 1.47. The molecule has 0 radical (unpaired) electrons. The number of ether oxygens (including phenoxy) is 3. The summed E-state index contributed by atoms with van der Waals surface area (Å²) >= 11 is 0. The Morgan fingerprint density at radius 1 is 1.00 bits per heavy atom. The van der Waals surface area contributed by atoms with Gasteiger partial charge in [-0.15, -0.1) is 0 Å². The van der Waals surface area contributed by atoms with Crippen molar-refractivity contribution in [3.63, 3.8) is 0 Å². The maximum atomic E-state index is 11.7. The van der Waals surface area contributed by atoms with E-state index in [1.165, 1.54) is 7.11 Å². The molecule has 0 spiro atoms. The number of hydrogen-bond acceptors (Lipinski definition) is 4. The van der Waals surface area contributed by atoms with Crippen LogP contribution in [0.3, 0.4) is 0 Å². The largest absolute Gasteiger partial charge is 0.493 e. The Morgan fingerprint density at radius 3 is 2.32 bits per heavy atom. The lowest BCUT2D eigenvalue weighted by molar-refractivity contribution is 0.0599. The minimum atomic E-state index is -0.411. The SMILES string of the molecule is CCCOc1cc(OCc2ccccc2)cc(C(=O)OC)c1. The van der Waals surface area contributed by atoms with Crippen LogP contribution in [0.15, 0.2) is 48.5 Å². The summed E-state index contributed by atoms with van der Waals surface area (Å²) in [6, 6.07) is 14.9. The lowest BCUT2D eigenvalue weighted by Gasteiger charge is -2.11. The van der Waals surface area contributed by atoms with E-state index in [1.54, 1.807) is 18.2 Å². The van der Waals surface area contributed by atoms with E-state index in [0.29, 0.717) is 30.3 Å². The normalized spacial score (nSPS) is 10.1. The van der Waals surface area contributed by atoms with Gasteiger partial charge >= 0.3 is 5.97 Å². The second-order valence-corrected chi connectivity index (χ2v) is 4.81. The summed E-state index contributed by atoms with van der Waals surface area (Å²) in [5.74, 6) is 0.775. The molecule has 0 bridgehead atoms. The minimum Gasteiger partial charge on any atom is -0.493 e. The van der Waals surface area contributed by atoms with Crippen LogP contribution in [0.2, 0.25) is 0 Å². The summed E-state index contributed by atoms with van der Waals surface area (Å²) in [6.45, 7) is 3.04. The molecule has 0 amide bonds. The highest BCUT2D eigenvalue weighted by atomic mass is 16.5. The van der Waals surface area contributed by atoms with Crippen LogP contribution >= 0.6 is 0 Å². The van der Waals surface area contributed by atoms with Crippen molar-refractivity contribution in [3.05, 3.63) is 59.7 Å². The Bertz CT molecular complexity index is 608. The molecule has 0 aliphatic rings. The summed E-state index contributed by atoms with van der Waals surface area (Å²) in [6.07, 6.45) is 0.892. The highest BCUT2D eigenvalue weighted by Gasteiger charge is 2.10. The Kier molecular flexibility index (Phi) is 5.83. The molecular formula is C18H20O4. The lowest BCUT2D eigenvalue weighted by atomic mass is 10.2. The highest BCUT2D eigenvalue weighted by molar-refractivity contribution is 5.90. The number of benzene rings is 2. The average molecular weight is 300 g/mol. The topological polar surface area (TPSA) is 44.8 Å². The number of methoxy groups -OCH3 is 1. The molecule has 2 aromatic carbocycles. The van der Waals surface area contributed by atoms with Gasteiger partial charge in [0.15, 0.2) is 0 Å². The first-order valence-electron chi connectivity index (χ1n) is 7.26. The number of carbonyl (C=O) groups excluding carboxylic acids is 1. The number of esters is 1. The standard InChI is InChI=1S/C18H20O4/c1-3-9-21-16-10-15(18(19)20-2)11-17(12-16)22-13-14-7-5-4-6-8-14/h4-8,10-12H,3,9,13H2,1-2H3. The summed E-state index contributed by atoms with van der Waals surface area (Å²) in [7, 11) is 1.35. The minimum absolute atomic E-state index is 0.411. The molecule has 22 heavy (non-hydrogen) atoms. The number of carbonyl (C=O) groups is 1. The predicted octanol–water partition coefficient (Wildman–Crippen LogP) is 3.84. The van der Waals surface area contributed by atoms with Gasteiger partial charge in [0.2, 0.25) is 0 Å². The van der Waals surface area contributed by atoms with Crippen molar-refractivity contribution in [2.75, 3.05) is 13.7 Å². The molecule has 4 heteroatoms. The second-order valence-electron chi connectivity index (χ2n) is 4.81. The lowest BCUT2D eigenvalue weighted by Crippen LogP contribution is -2.04. The molecule has 0 N–H and O–H groups in total. The maximum absolute atomic E-state index is 11.7. The van der Waals surface area contributed by atoms with Crippen molar-refractivity contribution in [2.24, 2.45) is 0 Å². The van der Waals surface area contributed by atoms with Gasteiger partial charge in [0, 0.05) is 6.07 Å². The molecule has 0 aliphatic carbocycles. The zero-order chi connectivity index (χ0) is 15.8. The highest BCUT2D eigenvalue weighted by Crippen LogP contribution is 2.24. The smallest absolute Gasteiger partial charge is 0.338 e. The van der Waals surface area contributed by atoms with E-state index in [9.17, 15) is 4.79 Å². The van der Waals surface area contributed by atoms with Gasteiger partial charge in [0.25, 0.3) is 0 Å². The first-order valence-corrected chi connectivity index (χ1v) is 7.26. The number of hydrogen-bond donors (Lipinski definition) is 0. The molecule has 2 aromatic rings. The fourth-order valence-electron chi connectivity index (χ4n) is 1.93. The Hall–Kier alpha value is -2.49. The van der Waals surface area contributed by atoms with Gasteiger partial charge in [-0.05, 0) is 24.1 Å². The molecule has 0 saturated heterocycles. The first-order chi connectivity index (χ1) is 10.7. The molecular weight excluding hydrogens is 280 g/mol. The van der Waals surface area contributed by atoms with Crippen molar-refractivity contribution in [1.29, 1.82) is 0 Å². The van der Waals surface area contributed by atoms with Gasteiger partial charge in [0.1, 0.15) is 18.1 Å². The van der Waals surface area contributed by atoms with Gasteiger partial charge < -0.3 is 14.2 Å². The van der Waals surface area contributed by atoms with Gasteiger partial charge in [-0.2, -0.15) is 0 Å². The quantitative estimate of drug-likeness (QED) is 0.729. The monoisotopic (exact) mass is 300 g/mol. The second kappa shape index (κ2) is 8.08. The third kappa shape index (κ3) is 4.52. The summed E-state index contributed by atoms with van der Waals surface area (Å²) < 4.78 is 16.1. The Morgan fingerprint density at radius 2 is 1.68 bits per heavy atom. The van der Waals surface area contributed by atoms with E-state index in [4.69, 9.17) is 14.2 Å². The molecule has 116 valence electrons. The third-order valence-corrected chi connectivity index (χ3v) is 3.02. The molecule has 0 aromatic heterocycles. The molecule has 0 aliphatic heterocycles. The molecule has 0 saturated carbocycles. The molecule has 0 fully saturated rings. The van der Waals surface area contributed by atoms with Crippen LogP contribution in [0.1, 0.15) is 29.3 Å². The molecule has 0 atom stereocenters. The molecule has 4 nitrogen and oxygen atoms in total. The first kappa shape index (κ1) is 15.9. The van der Waals surface area contributed by atoms with Crippen LogP contribution in [-0.2, 0) is 11.3 Å². The van der Waals surface area contributed by atoms with Crippen molar-refractivity contribution in [2.45, 2.75) is 20.0 Å². The fraction of sp³-hybridized carbons (Fsp3) is 0.278. The zero-order valence-corrected chi connectivity index (χ0v) is 12.9. The molecule has 0 unspecified atom stereocenters. The van der Waals surface area contributed by atoms with Crippen molar-refractivity contribution < 1.29 is 19.0 Å². The molecule has 2 rings (SSSR count). The van der Waals surface area contributed by atoms with Crippen molar-refractivity contribution >= 4 is 5.97 Å². The Labute approximate surface area is 130 Å². The van der Waals surface area contributed by atoms with Gasteiger partial charge in [-0.3, -0.25) is 0 Å². The van der Waals surface area contributed by atoms with E-state index in [0.717, 1.165) is 12.0 Å².